The maximum atomic E-state index is 13.7. The first-order valence-corrected chi connectivity index (χ1v) is 19.7. The number of fused-ring (bicyclic) bond motifs is 4. The molecule has 6 heteroatoms. The molecular formula is C44H55FIrNO2Se-. The second-order valence-electron chi connectivity index (χ2n) is 15.6. The fraction of sp³-hybridized carbons (Fsp3) is 0.455. The van der Waals surface area contributed by atoms with Crippen molar-refractivity contribution >= 4 is 50.4 Å². The summed E-state index contributed by atoms with van der Waals surface area (Å²) < 4.78 is 16.7. The van der Waals surface area contributed by atoms with Gasteiger partial charge in [0.15, 0.2) is 5.78 Å². The van der Waals surface area contributed by atoms with Crippen molar-refractivity contribution in [1.82, 2.24) is 4.98 Å². The van der Waals surface area contributed by atoms with Crippen LogP contribution in [0, 0.1) is 30.2 Å². The molecule has 1 N–H and O–H groups in total. The fourth-order valence-corrected chi connectivity index (χ4v) is 9.47. The third kappa shape index (κ3) is 9.23. The van der Waals surface area contributed by atoms with E-state index < -0.39 is 11.6 Å². The average molecular weight is 920 g/mol. The molecule has 3 aromatic carbocycles. The molecule has 0 aliphatic heterocycles. The molecular weight excluding hydrogens is 865 g/mol. The van der Waals surface area contributed by atoms with Crippen molar-refractivity contribution < 1.29 is 34.4 Å². The van der Waals surface area contributed by atoms with Gasteiger partial charge in [0.05, 0.1) is 0 Å². The van der Waals surface area contributed by atoms with Crippen molar-refractivity contribution in [1.29, 1.82) is 0 Å². The van der Waals surface area contributed by atoms with E-state index in [0.29, 0.717) is 25.7 Å². The predicted octanol–water partition coefficient (Wildman–Crippen LogP) is 12.4. The molecule has 2 heterocycles. The minimum absolute atomic E-state index is 0. The number of pyridine rings is 1. The summed E-state index contributed by atoms with van der Waals surface area (Å²) in [6.45, 7) is 23.6. The molecule has 0 fully saturated rings. The average Bonchev–Trinajstić information content (AvgIpc) is 3.45. The van der Waals surface area contributed by atoms with Crippen molar-refractivity contribution in [2.45, 2.75) is 114 Å². The summed E-state index contributed by atoms with van der Waals surface area (Å²) >= 11 is 0.244. The van der Waals surface area contributed by atoms with Crippen LogP contribution in [0.3, 0.4) is 0 Å². The van der Waals surface area contributed by atoms with Crippen molar-refractivity contribution in [2.24, 2.45) is 17.3 Å². The quantitative estimate of drug-likeness (QED) is 0.0694. The summed E-state index contributed by atoms with van der Waals surface area (Å²) in [4.78, 5) is 16.6. The Morgan fingerprint density at radius 2 is 1.46 bits per heavy atom. The van der Waals surface area contributed by atoms with Crippen molar-refractivity contribution in [2.75, 3.05) is 0 Å². The van der Waals surface area contributed by atoms with E-state index in [1.54, 1.807) is 0 Å². The van der Waals surface area contributed by atoms with E-state index in [1.165, 1.54) is 46.8 Å². The summed E-state index contributed by atoms with van der Waals surface area (Å²) in [7, 11) is 0. The molecule has 5 rings (SSSR count). The van der Waals surface area contributed by atoms with Gasteiger partial charge >= 0.3 is 204 Å². The number of halogens is 1. The van der Waals surface area contributed by atoms with Crippen LogP contribution in [0.15, 0.2) is 66.3 Å². The Hall–Kier alpha value is -2.62. The van der Waals surface area contributed by atoms with Gasteiger partial charge in [-0.25, -0.2) is 0 Å². The maximum absolute atomic E-state index is 13.7. The number of hydrogen-bond acceptors (Lipinski definition) is 3. The standard InChI is InChI=1S/C31H32NSe.C13H23FO2.Ir/c1-19-21(18-30(2,3)4)12-13-24-25-14-15-32-27(29(25)33-28(19)24)22-16-20-10-8-9-11-23(20)26(17-22)31(5,6)7;1-5-9(6-2)12(15)11(14)13(16)10(7-3)8-4;/h8-15,17H,18H2,1-7H3;9-10,15H,5-8H2,1-4H3;/q-1;;/b;12-11+;. The van der Waals surface area contributed by atoms with Gasteiger partial charge in [0, 0.05) is 31.9 Å². The summed E-state index contributed by atoms with van der Waals surface area (Å²) in [5.74, 6) is -2.38. The summed E-state index contributed by atoms with van der Waals surface area (Å²) in [6.07, 6.45) is 5.60. The number of nitrogens with zero attached hydrogens (tertiary/aromatic N) is 1. The number of aliphatic hydroxyl groups is 1. The van der Waals surface area contributed by atoms with E-state index in [1.807, 2.05) is 33.9 Å². The first-order valence-electron chi connectivity index (χ1n) is 17.9. The molecule has 50 heavy (non-hydrogen) atoms. The van der Waals surface area contributed by atoms with Gasteiger partial charge in [-0.1, -0.05) is 27.7 Å². The number of Topliss-reactive ketones (excluding diaryl/α,β-unsaturated/α-hetero) is 1. The third-order valence-electron chi connectivity index (χ3n) is 9.65. The number of aryl methyl sites for hydroxylation is 1. The van der Waals surface area contributed by atoms with Crippen LogP contribution in [0.2, 0.25) is 0 Å². The molecule has 271 valence electrons. The first kappa shape index (κ1) is 41.8. The van der Waals surface area contributed by atoms with Gasteiger partial charge in [0.1, 0.15) is 5.76 Å². The van der Waals surface area contributed by atoms with Crippen LogP contribution in [0.1, 0.15) is 112 Å². The minimum Gasteiger partial charge on any atom is 0 e. The van der Waals surface area contributed by atoms with Crippen LogP contribution >= 0.6 is 0 Å². The van der Waals surface area contributed by atoms with Gasteiger partial charge in [-0.3, -0.25) is 4.79 Å². The Morgan fingerprint density at radius 3 is 2.04 bits per heavy atom. The number of aromatic nitrogens is 1. The molecule has 3 nitrogen and oxygen atoms in total. The Bertz CT molecular complexity index is 1970. The number of carbonyl (C=O) groups is 1. The third-order valence-corrected chi connectivity index (χ3v) is 12.5. The molecule has 0 saturated carbocycles. The number of rotatable bonds is 9. The molecule has 5 aromatic rings. The van der Waals surface area contributed by atoms with E-state index in [-0.39, 0.29) is 63.0 Å². The van der Waals surface area contributed by atoms with Gasteiger partial charge in [-0.15, -0.1) is 0 Å². The molecule has 0 aliphatic rings. The number of hydrogen-bond donors (Lipinski definition) is 1. The van der Waals surface area contributed by atoms with Crippen LogP contribution in [0.5, 0.6) is 0 Å². The minimum atomic E-state index is -0.928. The van der Waals surface area contributed by atoms with Crippen LogP contribution in [-0.4, -0.2) is 30.4 Å². The maximum Gasteiger partial charge on any atom is 0 e. The van der Waals surface area contributed by atoms with Gasteiger partial charge in [0.2, 0.25) is 5.83 Å². The smallest absolute Gasteiger partial charge is 0 e. The van der Waals surface area contributed by atoms with E-state index in [2.05, 4.69) is 103 Å². The van der Waals surface area contributed by atoms with E-state index in [4.69, 9.17) is 4.98 Å². The van der Waals surface area contributed by atoms with Crippen molar-refractivity contribution in [3.05, 3.63) is 89.1 Å². The van der Waals surface area contributed by atoms with Crippen molar-refractivity contribution in [3.8, 4) is 11.3 Å². The Labute approximate surface area is 319 Å². The zero-order valence-corrected chi connectivity index (χ0v) is 35.9. The fourth-order valence-electron chi connectivity index (χ4n) is 6.69. The van der Waals surface area contributed by atoms with E-state index in [0.717, 1.165) is 17.7 Å². The molecule has 0 saturated heterocycles. The van der Waals surface area contributed by atoms with Gasteiger partial charge in [-0.2, -0.15) is 4.39 Å². The van der Waals surface area contributed by atoms with E-state index >= 15 is 0 Å². The number of allylic oxidation sites excluding steroid dienone is 2. The Kier molecular flexibility index (Phi) is 14.4. The zero-order chi connectivity index (χ0) is 36.3. The number of aliphatic hydroxyl groups excluding tert-OH is 1. The molecule has 0 aliphatic carbocycles. The SMILES string of the molecule is CCC(CC)C(=O)/C(F)=C(\O)C(CC)CC.Cc1c(CC(C)(C)C)ccc2c1[se]c1c(-c3[c-]c4ccccc4c(C(C)(C)C)c3)nccc12.[Ir]. The summed E-state index contributed by atoms with van der Waals surface area (Å²) in [5.41, 5.74) is 6.88. The largest absolute Gasteiger partial charge is 0 e. The molecule has 0 amide bonds. The molecule has 2 aromatic heterocycles. The number of ketones is 1. The number of carbonyl (C=O) groups excluding carboxylic acids is 1. The summed E-state index contributed by atoms with van der Waals surface area (Å²) in [6, 6.07) is 21.6. The molecule has 0 bridgehead atoms. The predicted molar refractivity (Wildman–Crippen MR) is 208 cm³/mol. The van der Waals surface area contributed by atoms with Gasteiger partial charge in [-0.05, 0) is 25.7 Å². The molecule has 0 spiro atoms. The van der Waals surface area contributed by atoms with E-state index in [9.17, 15) is 14.3 Å². The molecule has 0 unspecified atom stereocenters. The zero-order valence-electron chi connectivity index (χ0n) is 31.8. The van der Waals surface area contributed by atoms with Gasteiger partial charge in [0.25, 0.3) is 0 Å². The number of benzene rings is 3. The molecule has 1 radical (unpaired) electrons. The topological polar surface area (TPSA) is 50.2 Å². The van der Waals surface area contributed by atoms with Crippen LogP contribution < -0.4 is 0 Å². The van der Waals surface area contributed by atoms with Crippen LogP contribution in [0.4, 0.5) is 4.39 Å². The first-order chi connectivity index (χ1) is 23.1. The normalized spacial score (nSPS) is 12.7. The van der Waals surface area contributed by atoms with Crippen LogP contribution in [-0.2, 0) is 36.7 Å². The summed E-state index contributed by atoms with van der Waals surface area (Å²) in [5, 5.41) is 14.9. The molecule has 0 atom stereocenters. The Balaban J connectivity index is 0.000000340. The van der Waals surface area contributed by atoms with Crippen LogP contribution in [0.25, 0.3) is 41.3 Å². The second kappa shape index (κ2) is 17.3. The Morgan fingerprint density at radius 1 is 0.860 bits per heavy atom. The van der Waals surface area contributed by atoms with Gasteiger partial charge < -0.3 is 5.11 Å². The monoisotopic (exact) mass is 921 g/mol. The van der Waals surface area contributed by atoms with Crippen molar-refractivity contribution in [3.63, 3.8) is 0 Å². The second-order valence-corrected chi connectivity index (χ2v) is 17.7.